The van der Waals surface area contributed by atoms with Crippen LogP contribution in [0.4, 0.5) is 0 Å². The summed E-state index contributed by atoms with van der Waals surface area (Å²) in [6.45, 7) is 7.76. The van der Waals surface area contributed by atoms with Crippen molar-refractivity contribution in [2.45, 2.75) is 20.8 Å². The molecule has 0 aliphatic heterocycles. The molecule has 0 unspecified atom stereocenters. The van der Waals surface area contributed by atoms with Gasteiger partial charge in [0.1, 0.15) is 6.61 Å². The number of likely N-dealkylation sites (N-methyl/N-ethyl adjacent to an activating group) is 1. The molecule has 1 N–H and O–H groups in total. The van der Waals surface area contributed by atoms with Crippen molar-refractivity contribution in [2.75, 3.05) is 20.2 Å². The van der Waals surface area contributed by atoms with E-state index < -0.39 is 0 Å². The monoisotopic (exact) mass is 143 g/mol. The van der Waals surface area contributed by atoms with Gasteiger partial charge in [0.05, 0.1) is 5.76 Å². The van der Waals surface area contributed by atoms with Gasteiger partial charge in [0, 0.05) is 6.54 Å². The zero-order valence-corrected chi connectivity index (χ0v) is 7.32. The maximum atomic E-state index is 5.36. The summed E-state index contributed by atoms with van der Waals surface area (Å²) in [5.41, 5.74) is 1.25. The van der Waals surface area contributed by atoms with E-state index in [1.165, 1.54) is 5.57 Å². The molecule has 0 saturated heterocycles. The minimum Gasteiger partial charge on any atom is -0.497 e. The Morgan fingerprint density at radius 1 is 1.30 bits per heavy atom. The van der Waals surface area contributed by atoms with Gasteiger partial charge in [-0.15, -0.1) is 0 Å². The molecule has 0 rings (SSSR count). The Labute approximate surface area is 63.3 Å². The number of rotatable bonds is 4. The van der Waals surface area contributed by atoms with Crippen molar-refractivity contribution in [3.63, 3.8) is 0 Å². The Morgan fingerprint density at radius 3 is 2.30 bits per heavy atom. The van der Waals surface area contributed by atoms with Crippen LogP contribution in [0, 0.1) is 0 Å². The summed E-state index contributed by atoms with van der Waals surface area (Å²) < 4.78 is 5.36. The molecule has 2 heteroatoms. The van der Waals surface area contributed by atoms with Crippen molar-refractivity contribution in [1.29, 1.82) is 0 Å². The highest BCUT2D eigenvalue weighted by Gasteiger charge is 1.90. The molecular formula is C8H17NO. The summed E-state index contributed by atoms with van der Waals surface area (Å²) >= 11 is 0. The molecule has 0 aromatic heterocycles. The van der Waals surface area contributed by atoms with Crippen LogP contribution in [0.5, 0.6) is 0 Å². The smallest absolute Gasteiger partial charge is 0.100 e. The summed E-state index contributed by atoms with van der Waals surface area (Å²) in [4.78, 5) is 0. The predicted molar refractivity (Wildman–Crippen MR) is 43.9 cm³/mol. The largest absolute Gasteiger partial charge is 0.497 e. The molecule has 0 aromatic carbocycles. The first-order valence-corrected chi connectivity index (χ1v) is 3.60. The van der Waals surface area contributed by atoms with E-state index in [-0.39, 0.29) is 0 Å². The lowest BCUT2D eigenvalue weighted by Gasteiger charge is -2.06. The van der Waals surface area contributed by atoms with Crippen molar-refractivity contribution in [1.82, 2.24) is 5.32 Å². The lowest BCUT2D eigenvalue weighted by Crippen LogP contribution is -2.13. The highest BCUT2D eigenvalue weighted by molar-refractivity contribution is 4.98. The molecule has 0 atom stereocenters. The Bertz CT molecular complexity index is 114. The SMILES string of the molecule is CNCCOC(C)=C(C)C. The first-order valence-electron chi connectivity index (χ1n) is 3.60. The second-order valence-electron chi connectivity index (χ2n) is 2.51. The molecule has 10 heavy (non-hydrogen) atoms. The Balaban J connectivity index is 3.40. The summed E-state index contributed by atoms with van der Waals surface area (Å²) in [5.74, 6) is 1.04. The fraction of sp³-hybridized carbons (Fsp3) is 0.750. The van der Waals surface area contributed by atoms with E-state index >= 15 is 0 Å². The minimum atomic E-state index is 0.757. The average molecular weight is 143 g/mol. The molecule has 0 radical (unpaired) electrons. The van der Waals surface area contributed by atoms with E-state index in [4.69, 9.17) is 4.74 Å². The summed E-state index contributed by atoms with van der Waals surface area (Å²) in [6.07, 6.45) is 0. The normalized spacial score (nSPS) is 9.20. The highest BCUT2D eigenvalue weighted by Crippen LogP contribution is 2.01. The Morgan fingerprint density at radius 2 is 1.90 bits per heavy atom. The first kappa shape index (κ1) is 9.50. The van der Waals surface area contributed by atoms with E-state index in [0.717, 1.165) is 18.9 Å². The van der Waals surface area contributed by atoms with E-state index in [9.17, 15) is 0 Å². The molecule has 0 aromatic rings. The molecule has 0 fully saturated rings. The molecule has 0 aliphatic rings. The molecule has 60 valence electrons. The van der Waals surface area contributed by atoms with E-state index in [0.29, 0.717) is 0 Å². The van der Waals surface area contributed by atoms with Crippen LogP contribution >= 0.6 is 0 Å². The summed E-state index contributed by atoms with van der Waals surface area (Å²) in [7, 11) is 1.92. The molecule has 0 bridgehead atoms. The molecule has 2 nitrogen and oxygen atoms in total. The van der Waals surface area contributed by atoms with Gasteiger partial charge in [-0.2, -0.15) is 0 Å². The summed E-state index contributed by atoms with van der Waals surface area (Å²) in [6, 6.07) is 0. The van der Waals surface area contributed by atoms with Gasteiger partial charge in [0.15, 0.2) is 0 Å². The summed E-state index contributed by atoms with van der Waals surface area (Å²) in [5, 5.41) is 3.01. The van der Waals surface area contributed by atoms with Crippen molar-refractivity contribution in [2.24, 2.45) is 0 Å². The quantitative estimate of drug-likeness (QED) is 0.476. The third-order valence-corrected chi connectivity index (χ3v) is 1.37. The van der Waals surface area contributed by atoms with Crippen molar-refractivity contribution >= 4 is 0 Å². The predicted octanol–water partition coefficient (Wildman–Crippen LogP) is 1.54. The van der Waals surface area contributed by atoms with E-state index in [1.54, 1.807) is 0 Å². The number of hydrogen-bond donors (Lipinski definition) is 1. The third-order valence-electron chi connectivity index (χ3n) is 1.37. The topological polar surface area (TPSA) is 21.3 Å². The van der Waals surface area contributed by atoms with Gasteiger partial charge < -0.3 is 10.1 Å². The lowest BCUT2D eigenvalue weighted by molar-refractivity contribution is 0.213. The standard InChI is InChI=1S/C8H17NO/c1-7(2)8(3)10-6-5-9-4/h9H,5-6H2,1-4H3. The number of ether oxygens (including phenoxy) is 1. The second kappa shape index (κ2) is 5.30. The molecule has 0 heterocycles. The van der Waals surface area contributed by atoms with Crippen LogP contribution in [0.1, 0.15) is 20.8 Å². The van der Waals surface area contributed by atoms with Crippen LogP contribution in [-0.2, 0) is 4.74 Å². The molecule has 0 aliphatic carbocycles. The second-order valence-corrected chi connectivity index (χ2v) is 2.51. The number of hydrogen-bond acceptors (Lipinski definition) is 2. The van der Waals surface area contributed by atoms with Gasteiger partial charge in [0.2, 0.25) is 0 Å². The van der Waals surface area contributed by atoms with Crippen LogP contribution in [0.25, 0.3) is 0 Å². The van der Waals surface area contributed by atoms with Gasteiger partial charge in [-0.1, -0.05) is 0 Å². The van der Waals surface area contributed by atoms with Crippen molar-refractivity contribution in [3.8, 4) is 0 Å². The van der Waals surface area contributed by atoms with Crippen molar-refractivity contribution < 1.29 is 4.74 Å². The van der Waals surface area contributed by atoms with Gasteiger partial charge in [-0.05, 0) is 33.4 Å². The lowest BCUT2D eigenvalue weighted by atomic mass is 10.3. The van der Waals surface area contributed by atoms with E-state index in [2.05, 4.69) is 19.2 Å². The Kier molecular flexibility index (Phi) is 5.03. The number of allylic oxidation sites excluding steroid dienone is 2. The minimum absolute atomic E-state index is 0.757. The van der Waals surface area contributed by atoms with Gasteiger partial charge in [0.25, 0.3) is 0 Å². The fourth-order valence-corrected chi connectivity index (χ4v) is 0.451. The molecule has 0 saturated carbocycles. The molecule has 0 spiro atoms. The van der Waals surface area contributed by atoms with Crippen LogP contribution < -0.4 is 5.32 Å². The van der Waals surface area contributed by atoms with Crippen LogP contribution in [0.2, 0.25) is 0 Å². The zero-order valence-electron chi connectivity index (χ0n) is 7.32. The van der Waals surface area contributed by atoms with Crippen molar-refractivity contribution in [3.05, 3.63) is 11.3 Å². The highest BCUT2D eigenvalue weighted by atomic mass is 16.5. The van der Waals surface area contributed by atoms with Crippen LogP contribution in [-0.4, -0.2) is 20.2 Å². The van der Waals surface area contributed by atoms with Gasteiger partial charge >= 0.3 is 0 Å². The van der Waals surface area contributed by atoms with Crippen LogP contribution in [0.3, 0.4) is 0 Å². The number of nitrogens with one attached hydrogen (secondary N) is 1. The zero-order chi connectivity index (χ0) is 7.98. The average Bonchev–Trinajstić information content (AvgIpc) is 1.88. The maximum Gasteiger partial charge on any atom is 0.100 e. The fourth-order valence-electron chi connectivity index (χ4n) is 0.451. The maximum absolute atomic E-state index is 5.36. The molecular weight excluding hydrogens is 126 g/mol. The van der Waals surface area contributed by atoms with Gasteiger partial charge in [-0.25, -0.2) is 0 Å². The van der Waals surface area contributed by atoms with Gasteiger partial charge in [-0.3, -0.25) is 0 Å². The first-order chi connectivity index (χ1) is 4.68. The van der Waals surface area contributed by atoms with Crippen LogP contribution in [0.15, 0.2) is 11.3 Å². The molecule has 0 amide bonds. The third kappa shape index (κ3) is 4.39. The van der Waals surface area contributed by atoms with E-state index in [1.807, 2.05) is 14.0 Å². The Hall–Kier alpha value is -0.500.